The van der Waals surface area contributed by atoms with E-state index in [2.05, 4.69) is 26.6 Å². The van der Waals surface area contributed by atoms with Gasteiger partial charge in [-0.25, -0.2) is 4.79 Å². The number of hydrogen-bond acceptors (Lipinski definition) is 3. The maximum atomic E-state index is 11.8. The Bertz CT molecular complexity index is 448. The van der Waals surface area contributed by atoms with Crippen LogP contribution in [0.5, 0.6) is 5.75 Å². The van der Waals surface area contributed by atoms with Crippen molar-refractivity contribution < 1.29 is 14.3 Å². The first-order chi connectivity index (χ1) is 9.19. The molecule has 1 atom stereocenters. The Morgan fingerprint density at radius 1 is 1.58 bits per heavy atom. The van der Waals surface area contributed by atoms with Gasteiger partial charge in [0, 0.05) is 23.7 Å². The van der Waals surface area contributed by atoms with Gasteiger partial charge in [0.25, 0.3) is 0 Å². The standard InChI is InChI=1S/C13H17BrN2O3/c1-18-9-4-5-11(14)12(7-9)16-13(17)15-8-10-3-2-6-19-10/h4-5,7,10H,2-3,6,8H2,1H3,(H2,15,16,17)/t10-/m0/s1. The summed E-state index contributed by atoms with van der Waals surface area (Å²) in [5.41, 5.74) is 0.671. The molecule has 0 spiro atoms. The van der Waals surface area contributed by atoms with Crippen molar-refractivity contribution in [3.8, 4) is 5.75 Å². The lowest BCUT2D eigenvalue weighted by Crippen LogP contribution is -2.35. The molecule has 2 N–H and O–H groups in total. The van der Waals surface area contributed by atoms with Gasteiger partial charge in [0.1, 0.15) is 5.75 Å². The third kappa shape index (κ3) is 4.11. The molecule has 1 aliphatic rings. The highest BCUT2D eigenvalue weighted by molar-refractivity contribution is 9.10. The van der Waals surface area contributed by atoms with Gasteiger partial charge >= 0.3 is 6.03 Å². The highest BCUT2D eigenvalue weighted by Gasteiger charge is 2.16. The van der Waals surface area contributed by atoms with Crippen LogP contribution < -0.4 is 15.4 Å². The molecule has 5 nitrogen and oxygen atoms in total. The van der Waals surface area contributed by atoms with E-state index in [1.165, 1.54) is 0 Å². The molecule has 6 heteroatoms. The molecule has 1 saturated heterocycles. The van der Waals surface area contributed by atoms with Crippen LogP contribution >= 0.6 is 15.9 Å². The van der Waals surface area contributed by atoms with Crippen molar-refractivity contribution in [2.24, 2.45) is 0 Å². The molecule has 1 heterocycles. The van der Waals surface area contributed by atoms with Crippen molar-refractivity contribution in [1.82, 2.24) is 5.32 Å². The van der Waals surface area contributed by atoms with Gasteiger partial charge in [-0.15, -0.1) is 0 Å². The molecular weight excluding hydrogens is 312 g/mol. The van der Waals surface area contributed by atoms with E-state index in [-0.39, 0.29) is 12.1 Å². The molecule has 104 valence electrons. The van der Waals surface area contributed by atoms with Gasteiger partial charge in [0.15, 0.2) is 0 Å². The lowest BCUT2D eigenvalue weighted by molar-refractivity contribution is 0.112. The number of halogens is 1. The number of ether oxygens (including phenoxy) is 2. The third-order valence-corrected chi connectivity index (χ3v) is 3.63. The second-order valence-corrected chi connectivity index (χ2v) is 5.17. The number of urea groups is 1. The number of hydrogen-bond donors (Lipinski definition) is 2. The molecule has 0 aromatic heterocycles. The van der Waals surface area contributed by atoms with E-state index in [0.29, 0.717) is 18.0 Å². The number of rotatable bonds is 4. The minimum Gasteiger partial charge on any atom is -0.497 e. The summed E-state index contributed by atoms with van der Waals surface area (Å²) in [5.74, 6) is 0.692. The van der Waals surface area contributed by atoms with Crippen LogP contribution in [-0.4, -0.2) is 32.4 Å². The quantitative estimate of drug-likeness (QED) is 0.893. The van der Waals surface area contributed by atoms with Crippen molar-refractivity contribution in [1.29, 1.82) is 0 Å². The minimum atomic E-state index is -0.246. The Balaban J connectivity index is 1.87. The molecular formula is C13H17BrN2O3. The normalized spacial score (nSPS) is 18.1. The summed E-state index contributed by atoms with van der Waals surface area (Å²) in [4.78, 5) is 11.8. The SMILES string of the molecule is COc1ccc(Br)c(NC(=O)NC[C@@H]2CCCO2)c1. The number of amides is 2. The van der Waals surface area contributed by atoms with Crippen molar-refractivity contribution in [2.45, 2.75) is 18.9 Å². The van der Waals surface area contributed by atoms with Crippen molar-refractivity contribution in [2.75, 3.05) is 25.6 Å². The van der Waals surface area contributed by atoms with Crippen LogP contribution in [0.25, 0.3) is 0 Å². The summed E-state index contributed by atoms with van der Waals surface area (Å²) in [5, 5.41) is 5.58. The maximum Gasteiger partial charge on any atom is 0.319 e. The molecule has 2 amide bonds. The zero-order valence-corrected chi connectivity index (χ0v) is 12.3. The molecule has 0 radical (unpaired) electrons. The largest absolute Gasteiger partial charge is 0.497 e. The molecule has 19 heavy (non-hydrogen) atoms. The van der Waals surface area contributed by atoms with E-state index in [1.54, 1.807) is 13.2 Å². The van der Waals surface area contributed by atoms with Gasteiger partial charge in [-0.3, -0.25) is 0 Å². The highest BCUT2D eigenvalue weighted by atomic mass is 79.9. The molecule has 0 bridgehead atoms. The number of carbonyl (C=O) groups excluding carboxylic acids is 1. The van der Waals surface area contributed by atoms with E-state index in [4.69, 9.17) is 9.47 Å². The average Bonchev–Trinajstić information content (AvgIpc) is 2.92. The van der Waals surface area contributed by atoms with Crippen LogP contribution in [0.2, 0.25) is 0 Å². The summed E-state index contributed by atoms with van der Waals surface area (Å²) >= 11 is 3.38. The van der Waals surface area contributed by atoms with Gasteiger partial charge in [-0.05, 0) is 40.9 Å². The molecule has 0 saturated carbocycles. The van der Waals surface area contributed by atoms with Crippen LogP contribution in [-0.2, 0) is 4.74 Å². The molecule has 0 unspecified atom stereocenters. The fourth-order valence-electron chi connectivity index (χ4n) is 1.91. The molecule has 1 aromatic rings. The van der Waals surface area contributed by atoms with Crippen LogP contribution in [0, 0.1) is 0 Å². The summed E-state index contributed by atoms with van der Waals surface area (Å²) in [6, 6.07) is 5.16. The van der Waals surface area contributed by atoms with Crippen LogP contribution in [0.3, 0.4) is 0 Å². The number of carbonyl (C=O) groups is 1. The van der Waals surface area contributed by atoms with Gasteiger partial charge in [-0.2, -0.15) is 0 Å². The average molecular weight is 329 g/mol. The van der Waals surface area contributed by atoms with E-state index in [0.717, 1.165) is 23.9 Å². The Morgan fingerprint density at radius 2 is 2.42 bits per heavy atom. The second kappa shape index (κ2) is 6.77. The smallest absolute Gasteiger partial charge is 0.319 e. The van der Waals surface area contributed by atoms with E-state index in [9.17, 15) is 4.79 Å². The topological polar surface area (TPSA) is 59.6 Å². The first-order valence-electron chi connectivity index (χ1n) is 6.19. The summed E-state index contributed by atoms with van der Waals surface area (Å²) in [6.45, 7) is 1.32. The molecule has 1 aliphatic heterocycles. The predicted molar refractivity (Wildman–Crippen MR) is 76.7 cm³/mol. The van der Waals surface area contributed by atoms with Crippen molar-refractivity contribution >= 4 is 27.6 Å². The monoisotopic (exact) mass is 328 g/mol. The first-order valence-corrected chi connectivity index (χ1v) is 6.98. The number of methoxy groups -OCH3 is 1. The van der Waals surface area contributed by atoms with E-state index < -0.39 is 0 Å². The van der Waals surface area contributed by atoms with E-state index in [1.807, 2.05) is 12.1 Å². The van der Waals surface area contributed by atoms with Gasteiger partial charge in [0.05, 0.1) is 18.9 Å². The Labute approximate surface area is 120 Å². The third-order valence-electron chi connectivity index (χ3n) is 2.94. The molecule has 2 rings (SSSR count). The Morgan fingerprint density at radius 3 is 3.11 bits per heavy atom. The summed E-state index contributed by atoms with van der Waals surface area (Å²) < 4.78 is 11.4. The van der Waals surface area contributed by atoms with Crippen molar-refractivity contribution in [3.05, 3.63) is 22.7 Å². The van der Waals surface area contributed by atoms with E-state index >= 15 is 0 Å². The summed E-state index contributed by atoms with van der Waals surface area (Å²) in [7, 11) is 1.59. The Hall–Kier alpha value is -1.27. The molecule has 1 aromatic carbocycles. The highest BCUT2D eigenvalue weighted by Crippen LogP contribution is 2.26. The Kier molecular flexibility index (Phi) is 5.04. The van der Waals surface area contributed by atoms with Gasteiger partial charge < -0.3 is 20.1 Å². The fraction of sp³-hybridized carbons (Fsp3) is 0.462. The number of nitrogens with one attached hydrogen (secondary N) is 2. The first kappa shape index (κ1) is 14.1. The predicted octanol–water partition coefficient (Wildman–Crippen LogP) is 2.76. The van der Waals surface area contributed by atoms with Gasteiger partial charge in [-0.1, -0.05) is 0 Å². The zero-order valence-electron chi connectivity index (χ0n) is 10.7. The van der Waals surface area contributed by atoms with Crippen LogP contribution in [0.15, 0.2) is 22.7 Å². The second-order valence-electron chi connectivity index (χ2n) is 4.32. The molecule has 1 fully saturated rings. The molecule has 0 aliphatic carbocycles. The van der Waals surface area contributed by atoms with Crippen LogP contribution in [0.1, 0.15) is 12.8 Å². The van der Waals surface area contributed by atoms with Crippen LogP contribution in [0.4, 0.5) is 10.5 Å². The zero-order chi connectivity index (χ0) is 13.7. The maximum absolute atomic E-state index is 11.8. The van der Waals surface area contributed by atoms with Crippen molar-refractivity contribution in [3.63, 3.8) is 0 Å². The minimum absolute atomic E-state index is 0.138. The summed E-state index contributed by atoms with van der Waals surface area (Å²) in [6.07, 6.45) is 2.21. The fourth-order valence-corrected chi connectivity index (χ4v) is 2.25. The lowest BCUT2D eigenvalue weighted by Gasteiger charge is -2.13. The van der Waals surface area contributed by atoms with Gasteiger partial charge in [0.2, 0.25) is 0 Å². The number of anilines is 1. The number of benzene rings is 1. The lowest BCUT2D eigenvalue weighted by atomic mass is 10.2.